The van der Waals surface area contributed by atoms with Gasteiger partial charge in [0.25, 0.3) is 0 Å². The first-order chi connectivity index (χ1) is 10.1. The Hall–Kier alpha value is -1.78. The molecule has 0 spiro atoms. The third kappa shape index (κ3) is 2.82. The summed E-state index contributed by atoms with van der Waals surface area (Å²) in [4.78, 5) is 0.191. The summed E-state index contributed by atoms with van der Waals surface area (Å²) >= 11 is 0. The Labute approximate surface area is 123 Å². The molecule has 112 valence electrons. The standard InChI is InChI=1S/C14H16N2O4S/c15-6-1-7-16(11-2-3-11)21(17,18)12-4-5-13-14(10-12)20-9-8-19-13/h4-5,10-11H,1-3,7-9H2. The fourth-order valence-electron chi connectivity index (χ4n) is 2.34. The predicted molar refractivity (Wildman–Crippen MR) is 74.6 cm³/mol. The summed E-state index contributed by atoms with van der Waals surface area (Å²) in [6.45, 7) is 1.12. The molecule has 0 radical (unpaired) electrons. The van der Waals surface area contributed by atoms with E-state index in [0.717, 1.165) is 12.8 Å². The lowest BCUT2D eigenvalue weighted by Crippen LogP contribution is -2.34. The van der Waals surface area contributed by atoms with E-state index in [2.05, 4.69) is 0 Å². The molecule has 1 heterocycles. The second-order valence-corrected chi connectivity index (χ2v) is 6.95. The van der Waals surface area contributed by atoms with Gasteiger partial charge in [-0.15, -0.1) is 0 Å². The van der Waals surface area contributed by atoms with Gasteiger partial charge in [0.15, 0.2) is 11.5 Å². The number of nitriles is 1. The topological polar surface area (TPSA) is 79.6 Å². The minimum atomic E-state index is -3.60. The van der Waals surface area contributed by atoms with E-state index in [1.165, 1.54) is 16.4 Å². The van der Waals surface area contributed by atoms with Gasteiger partial charge >= 0.3 is 0 Å². The van der Waals surface area contributed by atoms with Crippen molar-refractivity contribution < 1.29 is 17.9 Å². The van der Waals surface area contributed by atoms with Crippen LogP contribution in [-0.2, 0) is 10.0 Å². The summed E-state index contributed by atoms with van der Waals surface area (Å²) < 4.78 is 37.7. The number of fused-ring (bicyclic) bond motifs is 1. The highest BCUT2D eigenvalue weighted by molar-refractivity contribution is 7.89. The smallest absolute Gasteiger partial charge is 0.243 e. The van der Waals surface area contributed by atoms with Crippen molar-refractivity contribution in [3.8, 4) is 17.6 Å². The van der Waals surface area contributed by atoms with Gasteiger partial charge < -0.3 is 9.47 Å². The van der Waals surface area contributed by atoms with E-state index < -0.39 is 10.0 Å². The minimum Gasteiger partial charge on any atom is -0.486 e. The zero-order valence-electron chi connectivity index (χ0n) is 11.5. The Morgan fingerprint density at radius 3 is 2.62 bits per heavy atom. The average molecular weight is 308 g/mol. The summed E-state index contributed by atoms with van der Waals surface area (Å²) in [5.41, 5.74) is 0. The minimum absolute atomic E-state index is 0.0246. The number of ether oxygens (including phenoxy) is 2. The predicted octanol–water partition coefficient (Wildman–Crippen LogP) is 1.52. The van der Waals surface area contributed by atoms with Gasteiger partial charge in [-0.05, 0) is 25.0 Å². The lowest BCUT2D eigenvalue weighted by atomic mass is 10.3. The van der Waals surface area contributed by atoms with Gasteiger partial charge in [0.05, 0.1) is 11.0 Å². The SMILES string of the molecule is N#CCCN(C1CC1)S(=O)(=O)c1ccc2c(c1)OCCO2. The van der Waals surface area contributed by atoms with E-state index in [1.807, 2.05) is 6.07 Å². The largest absolute Gasteiger partial charge is 0.486 e. The van der Waals surface area contributed by atoms with E-state index in [-0.39, 0.29) is 23.9 Å². The Morgan fingerprint density at radius 2 is 1.95 bits per heavy atom. The zero-order chi connectivity index (χ0) is 14.9. The fourth-order valence-corrected chi connectivity index (χ4v) is 4.04. The monoisotopic (exact) mass is 308 g/mol. The molecule has 0 unspecified atom stereocenters. The molecule has 0 N–H and O–H groups in total. The summed E-state index contributed by atoms with van der Waals surface area (Å²) in [5.74, 6) is 1.02. The molecule has 1 aromatic carbocycles. The van der Waals surface area contributed by atoms with Crippen LogP contribution in [0.1, 0.15) is 19.3 Å². The van der Waals surface area contributed by atoms with Gasteiger partial charge in [-0.25, -0.2) is 8.42 Å². The molecule has 0 aromatic heterocycles. The van der Waals surface area contributed by atoms with Crippen molar-refractivity contribution in [1.82, 2.24) is 4.31 Å². The molecule has 3 rings (SSSR count). The number of hydrogen-bond acceptors (Lipinski definition) is 5. The third-order valence-electron chi connectivity index (χ3n) is 3.52. The third-order valence-corrected chi connectivity index (χ3v) is 5.47. The van der Waals surface area contributed by atoms with Crippen LogP contribution >= 0.6 is 0 Å². The second kappa shape index (κ2) is 5.54. The van der Waals surface area contributed by atoms with Gasteiger partial charge in [0.1, 0.15) is 13.2 Å². The fraction of sp³-hybridized carbons (Fsp3) is 0.500. The maximum Gasteiger partial charge on any atom is 0.243 e. The maximum absolute atomic E-state index is 12.7. The van der Waals surface area contributed by atoms with Crippen LogP contribution in [0.5, 0.6) is 11.5 Å². The van der Waals surface area contributed by atoms with Crippen LogP contribution in [0.25, 0.3) is 0 Å². The lowest BCUT2D eigenvalue weighted by molar-refractivity contribution is 0.171. The number of rotatable bonds is 5. The molecule has 1 fully saturated rings. The van der Waals surface area contributed by atoms with Crippen molar-refractivity contribution in [3.05, 3.63) is 18.2 Å². The van der Waals surface area contributed by atoms with Crippen molar-refractivity contribution >= 4 is 10.0 Å². The summed E-state index contributed by atoms with van der Waals surface area (Å²) in [7, 11) is -3.60. The molecule has 2 aliphatic rings. The molecule has 0 bridgehead atoms. The van der Waals surface area contributed by atoms with Gasteiger partial charge in [-0.2, -0.15) is 9.57 Å². The van der Waals surface area contributed by atoms with Crippen molar-refractivity contribution in [1.29, 1.82) is 5.26 Å². The summed E-state index contributed by atoms with van der Waals surface area (Å²) in [5, 5.41) is 8.70. The van der Waals surface area contributed by atoms with Crippen molar-refractivity contribution in [3.63, 3.8) is 0 Å². The van der Waals surface area contributed by atoms with Crippen LogP contribution in [0.15, 0.2) is 23.1 Å². The average Bonchev–Trinajstić information content (AvgIpc) is 3.31. The van der Waals surface area contributed by atoms with Crippen molar-refractivity contribution in [2.45, 2.75) is 30.2 Å². The van der Waals surface area contributed by atoms with Crippen LogP contribution in [0, 0.1) is 11.3 Å². The molecule has 6 nitrogen and oxygen atoms in total. The molecular weight excluding hydrogens is 292 g/mol. The molecule has 1 aliphatic carbocycles. The number of sulfonamides is 1. The van der Waals surface area contributed by atoms with Gasteiger partial charge in [0, 0.05) is 25.1 Å². The van der Waals surface area contributed by atoms with Crippen LogP contribution in [0.4, 0.5) is 0 Å². The van der Waals surface area contributed by atoms with E-state index in [0.29, 0.717) is 24.7 Å². The first kappa shape index (κ1) is 14.2. The highest BCUT2D eigenvalue weighted by Crippen LogP contribution is 2.36. The first-order valence-electron chi connectivity index (χ1n) is 6.91. The van der Waals surface area contributed by atoms with Crippen molar-refractivity contribution in [2.24, 2.45) is 0 Å². The molecule has 1 aromatic rings. The highest BCUT2D eigenvalue weighted by atomic mass is 32.2. The molecular formula is C14H16N2O4S. The molecule has 0 atom stereocenters. The van der Waals surface area contributed by atoms with E-state index in [1.54, 1.807) is 6.07 Å². The second-order valence-electron chi connectivity index (χ2n) is 5.06. The van der Waals surface area contributed by atoms with E-state index in [9.17, 15) is 8.42 Å². The quantitative estimate of drug-likeness (QED) is 0.824. The first-order valence-corrected chi connectivity index (χ1v) is 8.35. The molecule has 1 saturated carbocycles. The number of nitrogens with zero attached hydrogens (tertiary/aromatic N) is 2. The molecule has 7 heteroatoms. The van der Waals surface area contributed by atoms with Gasteiger partial charge in [-0.3, -0.25) is 0 Å². The zero-order valence-corrected chi connectivity index (χ0v) is 12.3. The van der Waals surface area contributed by atoms with Gasteiger partial charge in [0.2, 0.25) is 10.0 Å². The van der Waals surface area contributed by atoms with Crippen LogP contribution in [-0.4, -0.2) is 38.5 Å². The molecule has 0 saturated heterocycles. The Balaban J connectivity index is 1.91. The number of benzene rings is 1. The Morgan fingerprint density at radius 1 is 1.24 bits per heavy atom. The summed E-state index contributed by atoms with van der Waals surface area (Å²) in [6, 6.07) is 6.69. The molecule has 1 aliphatic heterocycles. The summed E-state index contributed by atoms with van der Waals surface area (Å²) in [6.07, 6.45) is 1.91. The van der Waals surface area contributed by atoms with Gasteiger partial charge in [-0.1, -0.05) is 0 Å². The van der Waals surface area contributed by atoms with Crippen LogP contribution < -0.4 is 9.47 Å². The van der Waals surface area contributed by atoms with E-state index >= 15 is 0 Å². The van der Waals surface area contributed by atoms with Crippen molar-refractivity contribution in [2.75, 3.05) is 19.8 Å². The molecule has 21 heavy (non-hydrogen) atoms. The van der Waals surface area contributed by atoms with E-state index in [4.69, 9.17) is 14.7 Å². The molecule has 0 amide bonds. The Kier molecular flexibility index (Phi) is 3.74. The van der Waals surface area contributed by atoms with Crippen LogP contribution in [0.2, 0.25) is 0 Å². The lowest BCUT2D eigenvalue weighted by Gasteiger charge is -2.23. The normalized spacial score (nSPS) is 17.5. The highest BCUT2D eigenvalue weighted by Gasteiger charge is 2.38. The maximum atomic E-state index is 12.7. The Bertz CT molecular complexity index is 677. The number of hydrogen-bond donors (Lipinski definition) is 0. The van der Waals surface area contributed by atoms with Crippen LogP contribution in [0.3, 0.4) is 0 Å².